The number of nitrogens with one attached hydrogen (secondary N) is 1. The molecular weight excluding hydrogens is 456 g/mol. The molecule has 32 heavy (non-hydrogen) atoms. The number of fused-ring (bicyclic) bond motifs is 1. The summed E-state index contributed by atoms with van der Waals surface area (Å²) in [6.07, 6.45) is 2.17. The molecule has 0 aliphatic heterocycles. The Kier molecular flexibility index (Phi) is 8.82. The Morgan fingerprint density at radius 2 is 1.66 bits per heavy atom. The maximum atomic E-state index is 11.1. The van der Waals surface area contributed by atoms with Crippen LogP contribution in [-0.4, -0.2) is 28.8 Å². The van der Waals surface area contributed by atoms with Gasteiger partial charge in [0.2, 0.25) is 0 Å². The van der Waals surface area contributed by atoms with Gasteiger partial charge < -0.3 is 17.0 Å². The van der Waals surface area contributed by atoms with E-state index in [0.29, 0.717) is 22.2 Å². The second-order valence-electron chi connectivity index (χ2n) is 7.93. The van der Waals surface area contributed by atoms with E-state index >= 15 is 0 Å². The van der Waals surface area contributed by atoms with Gasteiger partial charge in [-0.25, -0.2) is 4.79 Å². The quantitative estimate of drug-likeness (QED) is 0.475. The molecule has 2 atom stereocenters. The normalized spacial score (nSPS) is 16.0. The van der Waals surface area contributed by atoms with Crippen molar-refractivity contribution in [2.75, 3.05) is 6.54 Å². The zero-order chi connectivity index (χ0) is 22.0. The summed E-state index contributed by atoms with van der Waals surface area (Å²) in [5.41, 5.74) is 5.68. The van der Waals surface area contributed by atoms with Crippen molar-refractivity contribution in [2.45, 2.75) is 31.4 Å². The number of hydrogen-bond acceptors (Lipinski definition) is 3. The summed E-state index contributed by atoms with van der Waals surface area (Å²) in [7, 11) is 0. The third-order valence-corrected chi connectivity index (χ3v) is 6.21. The van der Waals surface area contributed by atoms with Gasteiger partial charge in [-0.15, -0.1) is 0 Å². The molecule has 0 bridgehead atoms. The third-order valence-electron chi connectivity index (χ3n) is 5.77. The van der Waals surface area contributed by atoms with Crippen LogP contribution in [0.2, 0.25) is 10.0 Å². The van der Waals surface area contributed by atoms with E-state index in [-0.39, 0.29) is 42.6 Å². The predicted molar refractivity (Wildman–Crippen MR) is 125 cm³/mol. The Hall–Kier alpha value is -1.37. The van der Waals surface area contributed by atoms with Crippen LogP contribution < -0.4 is 34.9 Å². The summed E-state index contributed by atoms with van der Waals surface area (Å²) < 4.78 is 0. The molecule has 4 nitrogen and oxygen atoms in total. The van der Waals surface area contributed by atoms with Gasteiger partial charge in [0.15, 0.2) is 0 Å². The summed E-state index contributed by atoms with van der Waals surface area (Å²) >= 11 is 12.1. The van der Waals surface area contributed by atoms with E-state index in [9.17, 15) is 9.90 Å². The number of rotatable bonds is 6. The van der Waals surface area contributed by atoms with Crippen molar-refractivity contribution in [2.24, 2.45) is 0 Å². The molecule has 0 radical (unpaired) electrons. The smallest absolute Gasteiger partial charge is 1.00 e. The first kappa shape index (κ1) is 25.3. The molecule has 0 heterocycles. The van der Waals surface area contributed by atoms with Crippen molar-refractivity contribution >= 4 is 29.2 Å². The summed E-state index contributed by atoms with van der Waals surface area (Å²) in [5, 5.41) is 24.1. The molecular formula is C25H24Cl2NNaO3. The zero-order valence-electron chi connectivity index (χ0n) is 18.8. The van der Waals surface area contributed by atoms with Crippen molar-refractivity contribution in [3.05, 3.63) is 93.0 Å². The van der Waals surface area contributed by atoms with Gasteiger partial charge in [-0.3, -0.25) is 0 Å². The molecule has 0 unspecified atom stereocenters. The first-order chi connectivity index (χ1) is 14.9. The fourth-order valence-corrected chi connectivity index (χ4v) is 4.62. The molecule has 1 aliphatic rings. The fraction of sp³-hybridized carbons (Fsp3) is 0.240. The topological polar surface area (TPSA) is 69.6 Å². The van der Waals surface area contributed by atoms with Gasteiger partial charge in [-0.1, -0.05) is 53.5 Å². The summed E-state index contributed by atoms with van der Waals surface area (Å²) in [4.78, 5) is 11.1. The van der Waals surface area contributed by atoms with E-state index in [1.54, 1.807) is 30.3 Å². The van der Waals surface area contributed by atoms with Crippen LogP contribution >= 0.6 is 23.2 Å². The molecule has 3 aromatic rings. The number of aliphatic hydroxyl groups is 1. The van der Waals surface area contributed by atoms with Gasteiger partial charge in [-0.2, -0.15) is 0 Å². The van der Waals surface area contributed by atoms with E-state index in [1.165, 1.54) is 11.1 Å². The zero-order valence-corrected chi connectivity index (χ0v) is 21.3. The molecule has 1 aliphatic carbocycles. The summed E-state index contributed by atoms with van der Waals surface area (Å²) in [5.74, 6) is -0.923. The number of benzene rings is 3. The van der Waals surface area contributed by atoms with Gasteiger partial charge in [0, 0.05) is 22.6 Å². The van der Waals surface area contributed by atoms with E-state index in [1.807, 2.05) is 12.1 Å². The molecule has 3 N–H and O–H groups in total. The van der Waals surface area contributed by atoms with Crippen molar-refractivity contribution in [1.29, 1.82) is 0 Å². The van der Waals surface area contributed by atoms with Gasteiger partial charge in [0.1, 0.15) is 0 Å². The van der Waals surface area contributed by atoms with Crippen LogP contribution in [0.15, 0.2) is 60.7 Å². The number of halogens is 2. The van der Waals surface area contributed by atoms with Gasteiger partial charge >= 0.3 is 35.5 Å². The number of aryl methyl sites for hydroxylation is 1. The van der Waals surface area contributed by atoms with Crippen LogP contribution in [-0.2, 0) is 12.8 Å². The van der Waals surface area contributed by atoms with E-state index in [0.717, 1.165) is 30.4 Å². The number of hydrogen-bond donors (Lipinski definition) is 3. The van der Waals surface area contributed by atoms with Gasteiger partial charge in [0.05, 0.1) is 11.7 Å². The SMILES string of the molecule is O=C(O)c1ccc(-c2ccc3c(c2)C[C@@H](NC[C@@H](O)c2cc(Cl)cc(Cl)c2)CC3)cc1.[H-].[Na+]. The van der Waals surface area contributed by atoms with Crippen LogP contribution in [0.25, 0.3) is 11.1 Å². The molecule has 0 amide bonds. The maximum Gasteiger partial charge on any atom is 1.00 e. The Bertz CT molecular complexity index is 1090. The summed E-state index contributed by atoms with van der Waals surface area (Å²) in [6, 6.07) is 18.8. The van der Waals surface area contributed by atoms with E-state index < -0.39 is 12.1 Å². The molecule has 0 saturated carbocycles. The Morgan fingerprint density at radius 1 is 1.00 bits per heavy atom. The van der Waals surface area contributed by atoms with Gasteiger partial charge in [-0.05, 0) is 77.4 Å². The maximum absolute atomic E-state index is 11.1. The number of aromatic carboxylic acids is 1. The minimum Gasteiger partial charge on any atom is -1.00 e. The number of carboxylic acid groups (broad SMARTS) is 1. The summed E-state index contributed by atoms with van der Waals surface area (Å²) in [6.45, 7) is 0.424. The first-order valence-electron chi connectivity index (χ1n) is 10.2. The van der Waals surface area contributed by atoms with Crippen LogP contribution in [0, 0.1) is 0 Å². The molecule has 0 aromatic heterocycles. The third kappa shape index (κ3) is 6.15. The number of carboxylic acids is 1. The number of aliphatic hydroxyl groups excluding tert-OH is 1. The predicted octanol–water partition coefficient (Wildman–Crippen LogP) is 2.66. The molecule has 162 valence electrons. The second-order valence-corrected chi connectivity index (χ2v) is 8.81. The van der Waals surface area contributed by atoms with Crippen molar-refractivity contribution in [1.82, 2.24) is 5.32 Å². The van der Waals surface area contributed by atoms with Crippen LogP contribution in [0.1, 0.15) is 41.0 Å². The molecule has 3 aromatic carbocycles. The minimum absolute atomic E-state index is 0. The van der Waals surface area contributed by atoms with E-state index in [2.05, 4.69) is 23.5 Å². The fourth-order valence-electron chi connectivity index (χ4n) is 4.08. The first-order valence-corrected chi connectivity index (χ1v) is 11.0. The van der Waals surface area contributed by atoms with Crippen LogP contribution in [0.5, 0.6) is 0 Å². The molecule has 0 fully saturated rings. The number of carbonyl (C=O) groups is 1. The molecule has 0 saturated heterocycles. The van der Waals surface area contributed by atoms with Crippen molar-refractivity contribution in [3.8, 4) is 11.1 Å². The largest absolute Gasteiger partial charge is 1.00 e. The Balaban J connectivity index is 0.00000193. The second kappa shape index (κ2) is 11.2. The van der Waals surface area contributed by atoms with Crippen molar-refractivity contribution < 1.29 is 46.0 Å². The molecule has 7 heteroatoms. The minimum atomic E-state index is -0.923. The Labute approximate surface area is 221 Å². The average molecular weight is 480 g/mol. The van der Waals surface area contributed by atoms with Crippen LogP contribution in [0.4, 0.5) is 0 Å². The van der Waals surface area contributed by atoms with E-state index in [4.69, 9.17) is 28.3 Å². The van der Waals surface area contributed by atoms with Crippen molar-refractivity contribution in [3.63, 3.8) is 0 Å². The molecule has 0 spiro atoms. The van der Waals surface area contributed by atoms with Crippen LogP contribution in [0.3, 0.4) is 0 Å². The Morgan fingerprint density at radius 3 is 2.31 bits per heavy atom. The standard InChI is InChI=1S/C25H23Cl2NO3.Na.H/c26-21-10-20(11-22(27)13-21)24(29)14-28-23-8-7-16-3-6-18(9-19(16)12-23)15-1-4-17(5-2-15)25(30)31;;/h1-6,9-11,13,23-24,28-29H,7-8,12,14H2,(H,30,31);;/q;+1;-1/t23-,24+;;/m0../s1. The average Bonchev–Trinajstić information content (AvgIpc) is 2.76. The monoisotopic (exact) mass is 479 g/mol. The van der Waals surface area contributed by atoms with Gasteiger partial charge in [0.25, 0.3) is 0 Å². The molecule has 4 rings (SSSR count).